The van der Waals surface area contributed by atoms with E-state index >= 15 is 0 Å². The highest BCUT2D eigenvalue weighted by Crippen LogP contribution is 2.25. The van der Waals surface area contributed by atoms with E-state index in [1.165, 1.54) is 17.8 Å². The van der Waals surface area contributed by atoms with Gasteiger partial charge in [-0.25, -0.2) is 9.37 Å². The summed E-state index contributed by atoms with van der Waals surface area (Å²) in [5.74, 6) is -0.350. The molecule has 2 aromatic heterocycles. The Morgan fingerprint density at radius 2 is 1.83 bits per heavy atom. The average Bonchev–Trinajstić information content (AvgIpc) is 3.03. The molecule has 0 amide bonds. The van der Waals surface area contributed by atoms with Gasteiger partial charge in [-0.3, -0.25) is 4.98 Å². The van der Waals surface area contributed by atoms with Crippen LogP contribution >= 0.6 is 11.3 Å². The summed E-state index contributed by atoms with van der Waals surface area (Å²) in [6, 6.07) is 5.55. The monoisotopic (exact) mass is 343 g/mol. The molecule has 0 bridgehead atoms. The second-order valence-electron chi connectivity index (χ2n) is 5.33. The van der Waals surface area contributed by atoms with Crippen LogP contribution < -0.4 is 5.73 Å². The van der Waals surface area contributed by atoms with Crippen molar-refractivity contribution in [1.29, 1.82) is 0 Å². The fourth-order valence-electron chi connectivity index (χ4n) is 2.33. The van der Waals surface area contributed by atoms with Gasteiger partial charge in [0.25, 0.3) is 0 Å². The first kappa shape index (κ1) is 18.1. The number of nitrogens with zero attached hydrogens (tertiary/aromatic N) is 2. The van der Waals surface area contributed by atoms with E-state index in [9.17, 15) is 4.39 Å². The summed E-state index contributed by atoms with van der Waals surface area (Å²) in [6.07, 6.45) is 3.57. The van der Waals surface area contributed by atoms with Crippen molar-refractivity contribution < 1.29 is 4.39 Å². The van der Waals surface area contributed by atoms with Crippen molar-refractivity contribution in [1.82, 2.24) is 9.97 Å². The van der Waals surface area contributed by atoms with Crippen LogP contribution in [-0.2, 0) is 6.42 Å². The van der Waals surface area contributed by atoms with Crippen molar-refractivity contribution >= 4 is 17.0 Å². The number of thiazole rings is 1. The van der Waals surface area contributed by atoms with Gasteiger partial charge in [-0.15, -0.1) is 11.3 Å². The third kappa shape index (κ3) is 4.17. The highest BCUT2D eigenvalue weighted by molar-refractivity contribution is 7.10. The highest BCUT2D eigenvalue weighted by atomic mass is 32.1. The fourth-order valence-corrected chi connectivity index (χ4v) is 3.15. The Balaban J connectivity index is 0.00000100. The van der Waals surface area contributed by atoms with Gasteiger partial charge in [-0.1, -0.05) is 19.9 Å². The van der Waals surface area contributed by atoms with Gasteiger partial charge in [0.2, 0.25) is 0 Å². The zero-order chi connectivity index (χ0) is 17.7. The van der Waals surface area contributed by atoms with Crippen LogP contribution in [0.3, 0.4) is 0 Å². The molecule has 0 spiro atoms. The van der Waals surface area contributed by atoms with Crippen LogP contribution in [0.2, 0.25) is 0 Å². The van der Waals surface area contributed by atoms with Crippen molar-refractivity contribution in [2.24, 2.45) is 0 Å². The van der Waals surface area contributed by atoms with Crippen LogP contribution in [0.25, 0.3) is 11.3 Å². The zero-order valence-corrected chi connectivity index (χ0v) is 15.2. The van der Waals surface area contributed by atoms with E-state index in [1.54, 1.807) is 17.5 Å². The van der Waals surface area contributed by atoms with Crippen molar-refractivity contribution in [3.05, 3.63) is 63.5 Å². The fraction of sp³-hybridized carbons (Fsp3) is 0.263. The van der Waals surface area contributed by atoms with Gasteiger partial charge in [-0.2, -0.15) is 0 Å². The maximum Gasteiger partial charge on any atom is 0.142 e. The van der Waals surface area contributed by atoms with Crippen molar-refractivity contribution in [2.45, 2.75) is 34.1 Å². The van der Waals surface area contributed by atoms with Crippen molar-refractivity contribution in [3.63, 3.8) is 0 Å². The van der Waals surface area contributed by atoms with E-state index in [1.807, 2.05) is 32.2 Å². The van der Waals surface area contributed by atoms with E-state index in [0.29, 0.717) is 5.56 Å². The molecule has 0 fully saturated rings. The Bertz CT molecular complexity index is 827. The lowest BCUT2D eigenvalue weighted by molar-refractivity contribution is 0.622. The van der Waals surface area contributed by atoms with Crippen LogP contribution in [0.5, 0.6) is 0 Å². The number of rotatable bonds is 3. The number of hydrogen-bond donors (Lipinski definition) is 1. The summed E-state index contributed by atoms with van der Waals surface area (Å²) in [4.78, 5) is 8.46. The summed E-state index contributed by atoms with van der Waals surface area (Å²) < 4.78 is 13.2. The molecule has 0 radical (unpaired) electrons. The smallest absolute Gasteiger partial charge is 0.142 e. The Hall–Kier alpha value is -2.27. The highest BCUT2D eigenvalue weighted by Gasteiger charge is 2.09. The van der Waals surface area contributed by atoms with Gasteiger partial charge < -0.3 is 5.73 Å². The number of anilines is 1. The van der Waals surface area contributed by atoms with Gasteiger partial charge in [0.1, 0.15) is 5.82 Å². The number of aryl methyl sites for hydroxylation is 2. The molecule has 0 saturated heterocycles. The molecule has 0 aliphatic carbocycles. The molecular formula is C19H22FN3S. The Morgan fingerprint density at radius 1 is 1.08 bits per heavy atom. The van der Waals surface area contributed by atoms with Gasteiger partial charge in [0.15, 0.2) is 0 Å². The lowest BCUT2D eigenvalue weighted by atomic mass is 10.0. The first-order valence-electron chi connectivity index (χ1n) is 7.94. The number of aromatic nitrogens is 2. The number of benzene rings is 1. The minimum absolute atomic E-state index is 0.350. The average molecular weight is 343 g/mol. The summed E-state index contributed by atoms with van der Waals surface area (Å²) in [7, 11) is 0. The number of nitrogen functional groups attached to an aromatic ring is 1. The number of pyridine rings is 1. The molecular weight excluding hydrogens is 321 g/mol. The predicted octanol–water partition coefficient (Wildman–Crippen LogP) is 5.16. The summed E-state index contributed by atoms with van der Waals surface area (Å²) in [6.45, 7) is 8.06. The third-order valence-corrected chi connectivity index (χ3v) is 4.47. The molecule has 2 N–H and O–H groups in total. The minimum atomic E-state index is -0.350. The van der Waals surface area contributed by atoms with Gasteiger partial charge in [-0.05, 0) is 42.7 Å². The Labute approximate surface area is 146 Å². The molecule has 3 rings (SSSR count). The quantitative estimate of drug-likeness (QED) is 0.668. The van der Waals surface area contributed by atoms with Crippen molar-refractivity contribution in [2.75, 3.05) is 5.73 Å². The largest absolute Gasteiger partial charge is 0.399 e. The first-order valence-corrected chi connectivity index (χ1v) is 8.82. The van der Waals surface area contributed by atoms with E-state index < -0.39 is 0 Å². The van der Waals surface area contributed by atoms with Crippen LogP contribution in [0.4, 0.5) is 10.1 Å². The van der Waals surface area contributed by atoms with Crippen molar-refractivity contribution in [3.8, 4) is 11.3 Å². The van der Waals surface area contributed by atoms with E-state index in [0.717, 1.165) is 33.9 Å². The van der Waals surface area contributed by atoms with E-state index in [2.05, 4.69) is 23.0 Å². The SMILES string of the molecule is CC.Cc1cc(Cc2nc(-c3cncc(F)c3)cs2)c(C)cc1N. The zero-order valence-electron chi connectivity index (χ0n) is 14.4. The first-order chi connectivity index (χ1) is 11.5. The van der Waals surface area contributed by atoms with E-state index in [-0.39, 0.29) is 5.82 Å². The molecule has 126 valence electrons. The van der Waals surface area contributed by atoms with Gasteiger partial charge >= 0.3 is 0 Å². The molecule has 3 nitrogen and oxygen atoms in total. The maximum absolute atomic E-state index is 13.2. The van der Waals surface area contributed by atoms with Crippen LogP contribution in [0.1, 0.15) is 35.5 Å². The molecule has 2 heterocycles. The molecule has 0 saturated carbocycles. The number of nitrogens with two attached hydrogens (primary N) is 1. The molecule has 0 unspecified atom stereocenters. The molecule has 24 heavy (non-hydrogen) atoms. The number of hydrogen-bond acceptors (Lipinski definition) is 4. The number of halogens is 1. The lowest BCUT2D eigenvalue weighted by Gasteiger charge is -2.08. The van der Waals surface area contributed by atoms with Gasteiger partial charge in [0, 0.05) is 29.2 Å². The Kier molecular flexibility index (Phi) is 6.04. The Morgan fingerprint density at radius 3 is 2.54 bits per heavy atom. The van der Waals surface area contributed by atoms with Gasteiger partial charge in [0.05, 0.1) is 16.9 Å². The molecule has 0 aliphatic heterocycles. The third-order valence-electron chi connectivity index (χ3n) is 3.62. The second-order valence-corrected chi connectivity index (χ2v) is 6.27. The molecule has 1 aromatic carbocycles. The maximum atomic E-state index is 13.2. The predicted molar refractivity (Wildman–Crippen MR) is 99.8 cm³/mol. The molecule has 0 atom stereocenters. The summed E-state index contributed by atoms with van der Waals surface area (Å²) in [5, 5.41) is 2.93. The van der Waals surface area contributed by atoms with E-state index in [4.69, 9.17) is 5.73 Å². The minimum Gasteiger partial charge on any atom is -0.399 e. The summed E-state index contributed by atoms with van der Waals surface area (Å²) >= 11 is 1.57. The summed E-state index contributed by atoms with van der Waals surface area (Å²) in [5.41, 5.74) is 11.6. The molecule has 3 aromatic rings. The standard InChI is InChI=1S/C17H16FN3S.C2H6/c1-10-4-15(19)11(2)3-12(10)6-17-21-16(9-22-17)13-5-14(18)8-20-7-13;1-2/h3-5,7-9H,6,19H2,1-2H3;1-2H3. The van der Waals surface area contributed by atoms with Crippen LogP contribution in [-0.4, -0.2) is 9.97 Å². The normalized spacial score (nSPS) is 10.2. The lowest BCUT2D eigenvalue weighted by Crippen LogP contribution is -1.97. The second kappa shape index (κ2) is 8.02. The topological polar surface area (TPSA) is 51.8 Å². The van der Waals surface area contributed by atoms with Crippen LogP contribution in [0, 0.1) is 19.7 Å². The molecule has 5 heteroatoms. The molecule has 0 aliphatic rings. The van der Waals surface area contributed by atoms with Crippen LogP contribution in [0.15, 0.2) is 36.0 Å².